The molecule has 112 valence electrons. The molecule has 0 aromatic heterocycles. The van der Waals surface area contributed by atoms with Gasteiger partial charge in [-0.3, -0.25) is 0 Å². The van der Waals surface area contributed by atoms with Crippen molar-refractivity contribution in [1.29, 1.82) is 0 Å². The number of ether oxygens (including phenoxy) is 1. The Hall–Kier alpha value is -1.22. The highest BCUT2D eigenvalue weighted by atomic mass is 35.5. The fourth-order valence-electron chi connectivity index (χ4n) is 2.29. The number of benzene rings is 2. The molecule has 0 aliphatic heterocycles. The van der Waals surface area contributed by atoms with E-state index in [0.717, 1.165) is 16.9 Å². The van der Waals surface area contributed by atoms with Crippen LogP contribution >= 0.6 is 23.2 Å². The summed E-state index contributed by atoms with van der Waals surface area (Å²) in [6, 6.07) is 11.9. The maximum atomic E-state index is 6.02. The van der Waals surface area contributed by atoms with Gasteiger partial charge in [0.05, 0.1) is 7.11 Å². The molecule has 2 aromatic rings. The van der Waals surface area contributed by atoms with Gasteiger partial charge in [-0.15, -0.1) is 0 Å². The summed E-state index contributed by atoms with van der Waals surface area (Å²) in [5.74, 6) is 0.893. The van der Waals surface area contributed by atoms with Crippen molar-refractivity contribution in [2.75, 3.05) is 7.11 Å². The van der Waals surface area contributed by atoms with Crippen LogP contribution in [0, 0.1) is 6.92 Å². The molecule has 0 amide bonds. The van der Waals surface area contributed by atoms with Gasteiger partial charge in [-0.25, -0.2) is 0 Å². The van der Waals surface area contributed by atoms with Crippen molar-refractivity contribution < 1.29 is 4.74 Å². The zero-order valence-corrected chi connectivity index (χ0v) is 13.9. The Balaban J connectivity index is 2.11. The molecule has 0 radical (unpaired) electrons. The minimum atomic E-state index is 0.164. The molecule has 2 aromatic carbocycles. The summed E-state index contributed by atoms with van der Waals surface area (Å²) >= 11 is 12.0. The molecule has 0 saturated heterocycles. The summed E-state index contributed by atoms with van der Waals surface area (Å²) in [4.78, 5) is 0. The lowest BCUT2D eigenvalue weighted by Gasteiger charge is -2.18. The second kappa shape index (κ2) is 7.17. The Morgan fingerprint density at radius 2 is 1.76 bits per heavy atom. The summed E-state index contributed by atoms with van der Waals surface area (Å²) in [6.07, 6.45) is 0. The summed E-state index contributed by atoms with van der Waals surface area (Å²) in [6.45, 7) is 4.88. The molecular formula is C17H19Cl2NO. The van der Waals surface area contributed by atoms with Crippen molar-refractivity contribution in [2.24, 2.45) is 0 Å². The summed E-state index contributed by atoms with van der Waals surface area (Å²) in [7, 11) is 1.69. The highest BCUT2D eigenvalue weighted by Gasteiger charge is 2.11. The molecule has 1 N–H and O–H groups in total. The van der Waals surface area contributed by atoms with Gasteiger partial charge >= 0.3 is 0 Å². The van der Waals surface area contributed by atoms with Crippen molar-refractivity contribution in [1.82, 2.24) is 5.32 Å². The van der Waals surface area contributed by atoms with Crippen LogP contribution in [0.4, 0.5) is 0 Å². The predicted molar refractivity (Wildman–Crippen MR) is 89.4 cm³/mol. The number of aryl methyl sites for hydroxylation is 1. The van der Waals surface area contributed by atoms with E-state index in [4.69, 9.17) is 27.9 Å². The van der Waals surface area contributed by atoms with E-state index in [1.807, 2.05) is 24.3 Å². The number of rotatable bonds is 5. The Morgan fingerprint density at radius 3 is 2.38 bits per heavy atom. The highest BCUT2D eigenvalue weighted by Crippen LogP contribution is 2.26. The molecular weight excluding hydrogens is 305 g/mol. The van der Waals surface area contributed by atoms with Crippen molar-refractivity contribution in [3.63, 3.8) is 0 Å². The van der Waals surface area contributed by atoms with Crippen molar-refractivity contribution in [3.8, 4) is 5.75 Å². The van der Waals surface area contributed by atoms with Crippen molar-refractivity contribution in [2.45, 2.75) is 26.4 Å². The van der Waals surface area contributed by atoms with Crippen LogP contribution in [-0.2, 0) is 6.54 Å². The lowest BCUT2D eigenvalue weighted by atomic mass is 10.0. The Kier molecular flexibility index (Phi) is 5.51. The number of hydrogen-bond acceptors (Lipinski definition) is 2. The summed E-state index contributed by atoms with van der Waals surface area (Å²) in [5.41, 5.74) is 3.42. The van der Waals surface area contributed by atoms with Crippen LogP contribution in [0.2, 0.25) is 10.0 Å². The van der Waals surface area contributed by atoms with Gasteiger partial charge in [-0.1, -0.05) is 40.9 Å². The molecule has 2 nitrogen and oxygen atoms in total. The van der Waals surface area contributed by atoms with Gasteiger partial charge in [-0.05, 0) is 43.7 Å². The van der Waals surface area contributed by atoms with Gasteiger partial charge < -0.3 is 10.1 Å². The molecule has 0 spiro atoms. The number of methoxy groups -OCH3 is 1. The Morgan fingerprint density at radius 1 is 1.10 bits per heavy atom. The van der Waals surface area contributed by atoms with E-state index in [2.05, 4.69) is 25.2 Å². The minimum absolute atomic E-state index is 0.164. The quantitative estimate of drug-likeness (QED) is 0.820. The maximum Gasteiger partial charge on any atom is 0.123 e. The fraction of sp³-hybridized carbons (Fsp3) is 0.294. The van der Waals surface area contributed by atoms with E-state index in [0.29, 0.717) is 16.6 Å². The van der Waals surface area contributed by atoms with Gasteiger partial charge in [0.15, 0.2) is 0 Å². The molecule has 2 rings (SSSR count). The predicted octanol–water partition coefficient (Wildman–Crippen LogP) is 5.16. The molecule has 0 heterocycles. The van der Waals surface area contributed by atoms with Crippen LogP contribution in [0.3, 0.4) is 0 Å². The van der Waals surface area contributed by atoms with E-state index >= 15 is 0 Å². The average Bonchev–Trinajstić information content (AvgIpc) is 2.43. The largest absolute Gasteiger partial charge is 0.496 e. The zero-order valence-electron chi connectivity index (χ0n) is 12.4. The first kappa shape index (κ1) is 16.2. The topological polar surface area (TPSA) is 21.3 Å². The third-order valence-corrected chi connectivity index (χ3v) is 3.82. The van der Waals surface area contributed by atoms with Gasteiger partial charge in [0.1, 0.15) is 5.75 Å². The SMILES string of the molecule is COc1ccc(C)cc1C(C)NCc1cc(Cl)cc(Cl)c1. The molecule has 0 bridgehead atoms. The Bertz CT molecular complexity index is 608. The molecule has 0 aliphatic carbocycles. The van der Waals surface area contributed by atoms with Crippen LogP contribution in [-0.4, -0.2) is 7.11 Å². The molecule has 21 heavy (non-hydrogen) atoms. The van der Waals surface area contributed by atoms with E-state index in [1.165, 1.54) is 5.56 Å². The van der Waals surface area contributed by atoms with Crippen LogP contribution in [0.1, 0.15) is 29.7 Å². The van der Waals surface area contributed by atoms with Crippen LogP contribution < -0.4 is 10.1 Å². The molecule has 4 heteroatoms. The molecule has 0 aliphatic rings. The maximum absolute atomic E-state index is 6.02. The number of nitrogens with one attached hydrogen (secondary N) is 1. The first-order chi connectivity index (χ1) is 9.99. The summed E-state index contributed by atoms with van der Waals surface area (Å²) < 4.78 is 5.43. The van der Waals surface area contributed by atoms with E-state index in [9.17, 15) is 0 Å². The van der Waals surface area contributed by atoms with E-state index < -0.39 is 0 Å². The second-order valence-corrected chi connectivity index (χ2v) is 6.00. The van der Waals surface area contributed by atoms with E-state index in [-0.39, 0.29) is 6.04 Å². The number of hydrogen-bond donors (Lipinski definition) is 1. The second-order valence-electron chi connectivity index (χ2n) is 5.13. The lowest BCUT2D eigenvalue weighted by Crippen LogP contribution is -2.18. The van der Waals surface area contributed by atoms with Crippen molar-refractivity contribution >= 4 is 23.2 Å². The standard InChI is InChI=1S/C17H19Cl2NO/c1-11-4-5-17(21-3)16(6-11)12(2)20-10-13-7-14(18)9-15(19)8-13/h4-9,12,20H,10H2,1-3H3. The van der Waals surface area contributed by atoms with Crippen LogP contribution in [0.5, 0.6) is 5.75 Å². The fourth-order valence-corrected chi connectivity index (χ4v) is 2.86. The van der Waals surface area contributed by atoms with Crippen LogP contribution in [0.15, 0.2) is 36.4 Å². The third kappa shape index (κ3) is 4.37. The summed E-state index contributed by atoms with van der Waals surface area (Å²) in [5, 5.41) is 4.78. The number of halogens is 2. The minimum Gasteiger partial charge on any atom is -0.496 e. The lowest BCUT2D eigenvalue weighted by molar-refractivity contribution is 0.401. The third-order valence-electron chi connectivity index (χ3n) is 3.39. The molecule has 0 fully saturated rings. The normalized spacial score (nSPS) is 12.2. The zero-order chi connectivity index (χ0) is 15.4. The molecule has 1 unspecified atom stereocenters. The van der Waals surface area contributed by atoms with E-state index in [1.54, 1.807) is 13.2 Å². The van der Waals surface area contributed by atoms with Gasteiger partial charge in [0.2, 0.25) is 0 Å². The van der Waals surface area contributed by atoms with Gasteiger partial charge in [-0.2, -0.15) is 0 Å². The first-order valence-corrected chi connectivity index (χ1v) is 7.58. The first-order valence-electron chi connectivity index (χ1n) is 6.82. The van der Waals surface area contributed by atoms with Crippen LogP contribution in [0.25, 0.3) is 0 Å². The molecule has 0 saturated carbocycles. The smallest absolute Gasteiger partial charge is 0.123 e. The average molecular weight is 324 g/mol. The van der Waals surface area contributed by atoms with Gasteiger partial charge in [0.25, 0.3) is 0 Å². The Labute approximate surface area is 136 Å². The van der Waals surface area contributed by atoms with Crippen molar-refractivity contribution in [3.05, 3.63) is 63.1 Å². The monoisotopic (exact) mass is 323 g/mol. The highest BCUT2D eigenvalue weighted by molar-refractivity contribution is 6.34. The molecule has 1 atom stereocenters. The van der Waals surface area contributed by atoms with Gasteiger partial charge in [0, 0.05) is 28.2 Å².